The lowest BCUT2D eigenvalue weighted by atomic mass is 10.2. The molecule has 0 unspecified atom stereocenters. The molecule has 1 amide bonds. The number of unbranched alkanes of at least 4 members (excludes halogenated alkanes) is 2. The van der Waals surface area contributed by atoms with Gasteiger partial charge in [0.15, 0.2) is 5.82 Å². The zero-order chi connectivity index (χ0) is 21.0. The minimum Gasteiger partial charge on any atom is -0.309 e. The average molecular weight is 444 g/mol. The fraction of sp³-hybridized carbons (Fsp3) is 0.250. The first-order valence-electron chi connectivity index (χ1n) is 9.59. The highest BCUT2D eigenvalue weighted by Crippen LogP contribution is 2.24. The number of anilines is 1. The SMILES string of the molecule is O=C(CCCCCN=C1NS(=O)(=O)c2ccccc21)Nc1cc(-c2cccs2)[nH]n1. The summed E-state index contributed by atoms with van der Waals surface area (Å²) >= 11 is 1.60. The maximum Gasteiger partial charge on any atom is 0.263 e. The van der Waals surface area contributed by atoms with Crippen molar-refractivity contribution in [3.63, 3.8) is 0 Å². The van der Waals surface area contributed by atoms with Crippen LogP contribution in [-0.4, -0.2) is 36.9 Å². The number of hydrogen-bond acceptors (Lipinski definition) is 6. The molecular formula is C20H21N5O3S2. The van der Waals surface area contributed by atoms with Gasteiger partial charge in [-0.15, -0.1) is 11.3 Å². The molecule has 3 N–H and O–H groups in total. The Bertz CT molecular complexity index is 1170. The van der Waals surface area contributed by atoms with Gasteiger partial charge in [0.2, 0.25) is 5.91 Å². The molecule has 0 spiro atoms. The first kappa shape index (κ1) is 20.3. The Morgan fingerprint density at radius 1 is 1.13 bits per heavy atom. The summed E-state index contributed by atoms with van der Waals surface area (Å²) in [7, 11) is -3.50. The van der Waals surface area contributed by atoms with Gasteiger partial charge in [-0.2, -0.15) is 5.10 Å². The Morgan fingerprint density at radius 3 is 2.83 bits per heavy atom. The lowest BCUT2D eigenvalue weighted by Gasteiger charge is -2.02. The number of amides is 1. The molecule has 10 heteroatoms. The van der Waals surface area contributed by atoms with Crippen molar-refractivity contribution in [2.45, 2.75) is 30.6 Å². The Kier molecular flexibility index (Phi) is 5.96. The predicted octanol–water partition coefficient (Wildman–Crippen LogP) is 3.38. The quantitative estimate of drug-likeness (QED) is 0.463. The van der Waals surface area contributed by atoms with Gasteiger partial charge in [-0.1, -0.05) is 24.6 Å². The van der Waals surface area contributed by atoms with E-state index in [1.165, 1.54) is 0 Å². The molecule has 3 aromatic rings. The molecule has 0 fully saturated rings. The van der Waals surface area contributed by atoms with Gasteiger partial charge in [0.1, 0.15) is 5.84 Å². The first-order chi connectivity index (χ1) is 14.5. The van der Waals surface area contributed by atoms with Crippen LogP contribution in [0.3, 0.4) is 0 Å². The van der Waals surface area contributed by atoms with E-state index in [0.29, 0.717) is 30.2 Å². The van der Waals surface area contributed by atoms with Crippen molar-refractivity contribution in [3.8, 4) is 10.6 Å². The van der Waals surface area contributed by atoms with E-state index in [9.17, 15) is 13.2 Å². The Morgan fingerprint density at radius 2 is 2.00 bits per heavy atom. The standard InChI is InChI=1S/C20H21N5O3S2/c26-19(22-18-13-15(23-24-18)16-8-6-12-29-16)10-2-1-5-11-21-20-14-7-3-4-9-17(14)30(27,28)25-20/h3-4,6-9,12-13H,1-2,5,10-11H2,(H,21,25)(H2,22,23,24,26). The van der Waals surface area contributed by atoms with E-state index in [1.54, 1.807) is 35.6 Å². The van der Waals surface area contributed by atoms with Crippen molar-refractivity contribution < 1.29 is 13.2 Å². The fourth-order valence-electron chi connectivity index (χ4n) is 3.17. The molecule has 30 heavy (non-hydrogen) atoms. The number of sulfonamides is 1. The summed E-state index contributed by atoms with van der Waals surface area (Å²) in [5.41, 5.74) is 1.49. The number of aromatic amines is 1. The van der Waals surface area contributed by atoms with Crippen molar-refractivity contribution in [2.75, 3.05) is 11.9 Å². The van der Waals surface area contributed by atoms with E-state index >= 15 is 0 Å². The molecule has 8 nitrogen and oxygen atoms in total. The number of thiophene rings is 1. The highest BCUT2D eigenvalue weighted by Gasteiger charge is 2.29. The number of amidine groups is 1. The number of aromatic nitrogens is 2. The summed E-state index contributed by atoms with van der Waals surface area (Å²) in [6.07, 6.45) is 2.71. The van der Waals surface area contributed by atoms with Crippen LogP contribution in [0.25, 0.3) is 10.6 Å². The number of carbonyl (C=O) groups excluding carboxylic acids is 1. The molecule has 2 aromatic heterocycles. The van der Waals surface area contributed by atoms with Crippen LogP contribution in [0.15, 0.2) is 57.7 Å². The van der Waals surface area contributed by atoms with Gasteiger partial charge < -0.3 is 5.32 Å². The lowest BCUT2D eigenvalue weighted by molar-refractivity contribution is -0.116. The van der Waals surface area contributed by atoms with E-state index in [2.05, 4.69) is 25.2 Å². The molecular weight excluding hydrogens is 422 g/mol. The van der Waals surface area contributed by atoms with E-state index in [1.807, 2.05) is 23.6 Å². The van der Waals surface area contributed by atoms with Crippen LogP contribution >= 0.6 is 11.3 Å². The summed E-state index contributed by atoms with van der Waals surface area (Å²) in [6.45, 7) is 0.497. The number of aliphatic imine (C=N–C) groups is 1. The lowest BCUT2D eigenvalue weighted by Crippen LogP contribution is -2.22. The van der Waals surface area contributed by atoms with Gasteiger partial charge in [-0.3, -0.25) is 19.6 Å². The maximum absolute atomic E-state index is 12.1. The van der Waals surface area contributed by atoms with Crippen LogP contribution in [-0.2, 0) is 14.8 Å². The summed E-state index contributed by atoms with van der Waals surface area (Å²) in [5.74, 6) is 0.827. The number of benzene rings is 1. The Hall–Kier alpha value is -2.98. The number of fused-ring (bicyclic) bond motifs is 1. The predicted molar refractivity (Wildman–Crippen MR) is 117 cm³/mol. The zero-order valence-electron chi connectivity index (χ0n) is 16.1. The molecule has 1 aliphatic heterocycles. The number of nitrogens with one attached hydrogen (secondary N) is 3. The van der Waals surface area contributed by atoms with Crippen LogP contribution in [0.4, 0.5) is 5.82 Å². The van der Waals surface area contributed by atoms with E-state index in [-0.39, 0.29) is 10.8 Å². The molecule has 0 atom stereocenters. The fourth-order valence-corrected chi connectivity index (χ4v) is 5.11. The molecule has 1 aliphatic rings. The second-order valence-electron chi connectivity index (χ2n) is 6.83. The zero-order valence-corrected chi connectivity index (χ0v) is 17.7. The van der Waals surface area contributed by atoms with E-state index in [0.717, 1.165) is 29.8 Å². The summed E-state index contributed by atoms with van der Waals surface area (Å²) in [4.78, 5) is 17.8. The van der Waals surface area contributed by atoms with Gasteiger partial charge in [0, 0.05) is 24.6 Å². The van der Waals surface area contributed by atoms with Crippen LogP contribution in [0.5, 0.6) is 0 Å². The molecule has 0 saturated carbocycles. The van der Waals surface area contributed by atoms with Crippen molar-refractivity contribution in [2.24, 2.45) is 4.99 Å². The molecule has 3 heterocycles. The third kappa shape index (κ3) is 4.60. The number of rotatable bonds is 8. The molecule has 0 aliphatic carbocycles. The van der Waals surface area contributed by atoms with E-state index < -0.39 is 10.0 Å². The van der Waals surface area contributed by atoms with E-state index in [4.69, 9.17) is 0 Å². The van der Waals surface area contributed by atoms with Gasteiger partial charge >= 0.3 is 0 Å². The molecule has 4 rings (SSSR count). The Balaban J connectivity index is 1.19. The van der Waals surface area contributed by atoms with Crippen molar-refractivity contribution in [3.05, 3.63) is 53.4 Å². The van der Waals surface area contributed by atoms with Gasteiger partial charge in [-0.05, 0) is 36.4 Å². The molecule has 156 valence electrons. The van der Waals surface area contributed by atoms with Crippen LogP contribution in [0.1, 0.15) is 31.2 Å². The van der Waals surface area contributed by atoms with Crippen molar-refractivity contribution in [1.29, 1.82) is 0 Å². The molecule has 0 bridgehead atoms. The number of nitrogens with zero attached hydrogens (tertiary/aromatic N) is 2. The highest BCUT2D eigenvalue weighted by molar-refractivity contribution is 7.90. The maximum atomic E-state index is 12.1. The number of hydrogen-bond donors (Lipinski definition) is 3. The van der Waals surface area contributed by atoms with Gasteiger partial charge in [0.05, 0.1) is 15.5 Å². The summed E-state index contributed by atoms with van der Waals surface area (Å²) < 4.78 is 26.6. The van der Waals surface area contributed by atoms with Crippen LogP contribution in [0.2, 0.25) is 0 Å². The highest BCUT2D eigenvalue weighted by atomic mass is 32.2. The number of H-pyrrole nitrogens is 1. The van der Waals surface area contributed by atoms with Gasteiger partial charge in [0.25, 0.3) is 10.0 Å². The Labute approximate surface area is 178 Å². The largest absolute Gasteiger partial charge is 0.309 e. The second kappa shape index (κ2) is 8.80. The van der Waals surface area contributed by atoms with Crippen LogP contribution < -0.4 is 10.0 Å². The minimum absolute atomic E-state index is 0.0805. The molecule has 0 saturated heterocycles. The smallest absolute Gasteiger partial charge is 0.263 e. The topological polar surface area (TPSA) is 116 Å². The summed E-state index contributed by atoms with van der Waals surface area (Å²) in [6, 6.07) is 12.6. The van der Waals surface area contributed by atoms with Gasteiger partial charge in [-0.25, -0.2) is 8.42 Å². The first-order valence-corrected chi connectivity index (χ1v) is 11.9. The molecule has 1 aromatic carbocycles. The average Bonchev–Trinajstić information content (AvgIpc) is 3.45. The second-order valence-corrected chi connectivity index (χ2v) is 9.43. The third-order valence-corrected chi connectivity index (χ3v) is 6.93. The molecule has 0 radical (unpaired) electrons. The van der Waals surface area contributed by atoms with Crippen molar-refractivity contribution >= 4 is 38.9 Å². The summed E-state index contributed by atoms with van der Waals surface area (Å²) in [5, 5.41) is 11.8. The third-order valence-electron chi connectivity index (χ3n) is 4.63. The minimum atomic E-state index is -3.50. The number of carbonyl (C=O) groups is 1. The van der Waals surface area contributed by atoms with Crippen molar-refractivity contribution in [1.82, 2.24) is 14.9 Å². The van der Waals surface area contributed by atoms with Crippen LogP contribution in [0, 0.1) is 0 Å². The normalized spacial score (nSPS) is 15.7. The monoisotopic (exact) mass is 443 g/mol.